The van der Waals surface area contributed by atoms with Crippen LogP contribution in [0.3, 0.4) is 0 Å². The van der Waals surface area contributed by atoms with Crippen LogP contribution < -0.4 is 15.2 Å². The maximum atomic E-state index is 12.9. The van der Waals surface area contributed by atoms with Crippen LogP contribution in [0, 0.1) is 0 Å². The number of nitrogen functional groups attached to an aromatic ring is 1. The van der Waals surface area contributed by atoms with Gasteiger partial charge in [-0.2, -0.15) is 0 Å². The first-order valence-corrected chi connectivity index (χ1v) is 8.73. The van der Waals surface area contributed by atoms with Crippen LogP contribution in [0.15, 0.2) is 36.4 Å². The van der Waals surface area contributed by atoms with Gasteiger partial charge >= 0.3 is 5.97 Å². The van der Waals surface area contributed by atoms with Crippen LogP contribution in [0.5, 0.6) is 11.5 Å². The molecule has 2 N–H and O–H groups in total. The fourth-order valence-corrected chi connectivity index (χ4v) is 3.26. The van der Waals surface area contributed by atoms with Crippen molar-refractivity contribution in [2.24, 2.45) is 0 Å². The Hall–Kier alpha value is -3.06. The van der Waals surface area contributed by atoms with Crippen molar-refractivity contribution in [3.05, 3.63) is 52.7 Å². The van der Waals surface area contributed by atoms with Gasteiger partial charge in [0.2, 0.25) is 12.7 Å². The molecule has 0 amide bonds. The van der Waals surface area contributed by atoms with Gasteiger partial charge in [0.1, 0.15) is 5.92 Å². The molecule has 4 rings (SSSR count). The molecule has 2 heterocycles. The number of nitrogens with two attached hydrogens (primary N) is 1. The lowest BCUT2D eigenvalue weighted by Crippen LogP contribution is -2.19. The number of halogens is 1. The number of ether oxygens (including phenoxy) is 3. The number of carbonyl (C=O) groups is 1. The number of anilines is 1. The number of fused-ring (bicyclic) bond motifs is 2. The van der Waals surface area contributed by atoms with E-state index in [9.17, 15) is 4.79 Å². The molecule has 1 atom stereocenters. The van der Waals surface area contributed by atoms with Gasteiger partial charge in [-0.05, 0) is 42.8 Å². The average Bonchev–Trinajstić information content (AvgIpc) is 3.10. The van der Waals surface area contributed by atoms with E-state index in [4.69, 9.17) is 31.5 Å². The molecule has 7 nitrogen and oxygen atoms in total. The topological polar surface area (TPSA) is 96.6 Å². The smallest absolute Gasteiger partial charge is 0.319 e. The van der Waals surface area contributed by atoms with Gasteiger partial charge in [0.15, 0.2) is 11.5 Å². The molecule has 1 aliphatic heterocycles. The molecular weight excluding hydrogens is 370 g/mol. The first-order valence-electron chi connectivity index (χ1n) is 8.35. The highest BCUT2D eigenvalue weighted by Crippen LogP contribution is 2.38. The van der Waals surface area contributed by atoms with Crippen molar-refractivity contribution in [1.29, 1.82) is 0 Å². The lowest BCUT2D eigenvalue weighted by molar-refractivity contribution is -0.143. The summed E-state index contributed by atoms with van der Waals surface area (Å²) in [5, 5.41) is 1.14. The Kier molecular flexibility index (Phi) is 4.45. The average molecular weight is 386 g/mol. The van der Waals surface area contributed by atoms with E-state index >= 15 is 0 Å². The molecule has 0 fully saturated rings. The summed E-state index contributed by atoms with van der Waals surface area (Å²) in [7, 11) is 0. The van der Waals surface area contributed by atoms with Crippen molar-refractivity contribution < 1.29 is 19.0 Å². The fraction of sp³-hybridized carbons (Fsp3) is 0.211. The Morgan fingerprint density at radius 3 is 2.85 bits per heavy atom. The predicted octanol–water partition coefficient (Wildman–Crippen LogP) is 3.29. The number of hydrogen-bond acceptors (Lipinski definition) is 7. The zero-order chi connectivity index (χ0) is 19.0. The number of hydrogen-bond donors (Lipinski definition) is 1. The van der Waals surface area contributed by atoms with Crippen LogP contribution in [-0.2, 0) is 9.53 Å². The summed E-state index contributed by atoms with van der Waals surface area (Å²) in [5.41, 5.74) is 7.56. The highest BCUT2D eigenvalue weighted by molar-refractivity contribution is 6.31. The number of nitrogens with zero attached hydrogens (tertiary/aromatic N) is 2. The lowest BCUT2D eigenvalue weighted by Gasteiger charge is -2.18. The summed E-state index contributed by atoms with van der Waals surface area (Å²) in [6.07, 6.45) is 0. The number of esters is 1. The highest BCUT2D eigenvalue weighted by Gasteiger charge is 2.30. The Labute approximate surface area is 160 Å². The van der Waals surface area contributed by atoms with Crippen molar-refractivity contribution in [2.75, 3.05) is 19.1 Å². The Bertz CT molecular complexity index is 1040. The Morgan fingerprint density at radius 1 is 1.22 bits per heavy atom. The molecule has 2 aromatic carbocycles. The lowest BCUT2D eigenvalue weighted by atomic mass is 9.92. The molecule has 8 heteroatoms. The second-order valence-corrected chi connectivity index (χ2v) is 6.36. The molecule has 1 unspecified atom stereocenters. The standard InChI is InChI=1S/C19H16ClN3O4/c1-2-25-18(24)16(10-3-6-14-15(7-10)27-9-26-14)17-12-8-11(20)4-5-13(12)22-19(21)23-17/h3-8,16H,2,9H2,1H3,(H2,21,22,23). The quantitative estimate of drug-likeness (QED) is 0.688. The number of benzene rings is 2. The van der Waals surface area contributed by atoms with Crippen LogP contribution >= 0.6 is 11.6 Å². The van der Waals surface area contributed by atoms with Crippen molar-refractivity contribution >= 4 is 34.4 Å². The van der Waals surface area contributed by atoms with Crippen LogP contribution in [0.2, 0.25) is 5.02 Å². The van der Waals surface area contributed by atoms with Gasteiger partial charge in [-0.1, -0.05) is 17.7 Å². The normalized spacial score (nSPS) is 13.6. The summed E-state index contributed by atoms with van der Waals surface area (Å²) in [5.74, 6) is -0.0149. The second-order valence-electron chi connectivity index (χ2n) is 5.93. The third-order valence-corrected chi connectivity index (χ3v) is 4.47. The maximum Gasteiger partial charge on any atom is 0.319 e. The van der Waals surface area contributed by atoms with Crippen molar-refractivity contribution in [3.8, 4) is 11.5 Å². The van der Waals surface area contributed by atoms with E-state index in [0.717, 1.165) is 0 Å². The van der Waals surface area contributed by atoms with Gasteiger partial charge in [0.05, 0.1) is 17.8 Å². The van der Waals surface area contributed by atoms with Gasteiger partial charge in [-0.15, -0.1) is 0 Å². The minimum absolute atomic E-state index is 0.0647. The summed E-state index contributed by atoms with van der Waals surface area (Å²) in [6, 6.07) is 10.4. The molecular formula is C19H16ClN3O4. The van der Waals surface area contributed by atoms with Gasteiger partial charge < -0.3 is 19.9 Å². The molecule has 0 saturated heterocycles. The summed E-state index contributed by atoms with van der Waals surface area (Å²) >= 11 is 6.16. The van der Waals surface area contributed by atoms with Crippen molar-refractivity contribution in [2.45, 2.75) is 12.8 Å². The fourth-order valence-electron chi connectivity index (χ4n) is 3.09. The number of rotatable bonds is 4. The van der Waals surface area contributed by atoms with Gasteiger partial charge in [0, 0.05) is 10.4 Å². The van der Waals surface area contributed by atoms with E-state index in [1.165, 1.54) is 0 Å². The predicted molar refractivity (Wildman–Crippen MR) is 100 cm³/mol. The molecule has 1 aromatic heterocycles. The van der Waals surface area contributed by atoms with Crippen molar-refractivity contribution in [1.82, 2.24) is 9.97 Å². The van der Waals surface area contributed by atoms with Crippen molar-refractivity contribution in [3.63, 3.8) is 0 Å². The zero-order valence-corrected chi connectivity index (χ0v) is 15.2. The van der Waals surface area contributed by atoms with E-state index in [0.29, 0.717) is 38.7 Å². The minimum Gasteiger partial charge on any atom is -0.465 e. The molecule has 27 heavy (non-hydrogen) atoms. The van der Waals surface area contributed by atoms with E-state index in [1.807, 2.05) is 0 Å². The monoisotopic (exact) mass is 385 g/mol. The van der Waals surface area contributed by atoms with E-state index in [2.05, 4.69) is 9.97 Å². The molecule has 1 aliphatic rings. The first kappa shape index (κ1) is 17.4. The SMILES string of the molecule is CCOC(=O)C(c1ccc2c(c1)OCO2)c1nc(N)nc2ccc(Cl)cc12. The van der Waals surface area contributed by atoms with Gasteiger partial charge in [0.25, 0.3) is 0 Å². The Morgan fingerprint density at radius 2 is 2.04 bits per heavy atom. The van der Waals surface area contributed by atoms with Gasteiger partial charge in [-0.3, -0.25) is 4.79 Å². The number of aromatic nitrogens is 2. The van der Waals surface area contributed by atoms with E-state index in [1.54, 1.807) is 43.3 Å². The van der Waals surface area contributed by atoms with Crippen LogP contribution in [0.1, 0.15) is 24.1 Å². The zero-order valence-electron chi connectivity index (χ0n) is 14.4. The van der Waals surface area contributed by atoms with E-state index < -0.39 is 11.9 Å². The minimum atomic E-state index is -0.814. The molecule has 0 saturated carbocycles. The Balaban J connectivity index is 1.93. The summed E-state index contributed by atoms with van der Waals surface area (Å²) < 4.78 is 16.1. The van der Waals surface area contributed by atoms with E-state index in [-0.39, 0.29) is 19.3 Å². The number of carbonyl (C=O) groups excluding carboxylic acids is 1. The molecule has 138 valence electrons. The maximum absolute atomic E-state index is 12.9. The molecule has 0 spiro atoms. The third kappa shape index (κ3) is 3.21. The highest BCUT2D eigenvalue weighted by atomic mass is 35.5. The summed E-state index contributed by atoms with van der Waals surface area (Å²) in [6.45, 7) is 2.12. The molecule has 0 bridgehead atoms. The van der Waals surface area contributed by atoms with Crippen LogP contribution in [-0.4, -0.2) is 29.3 Å². The molecule has 0 aliphatic carbocycles. The summed E-state index contributed by atoms with van der Waals surface area (Å²) in [4.78, 5) is 21.4. The molecule has 3 aromatic rings. The first-order chi connectivity index (χ1) is 13.1. The van der Waals surface area contributed by atoms with Gasteiger partial charge in [-0.25, -0.2) is 9.97 Å². The van der Waals surface area contributed by atoms with Crippen LogP contribution in [0.25, 0.3) is 10.9 Å². The third-order valence-electron chi connectivity index (χ3n) is 4.23. The van der Waals surface area contributed by atoms with Crippen LogP contribution in [0.4, 0.5) is 5.95 Å². The molecule has 0 radical (unpaired) electrons. The second kappa shape index (κ2) is 6.92. The largest absolute Gasteiger partial charge is 0.465 e.